The highest BCUT2D eigenvalue weighted by atomic mass is 16.4. The molecule has 0 radical (unpaired) electrons. The second-order valence-corrected chi connectivity index (χ2v) is 4.33. The standard InChI is InChI=1S/C12H13NO4/c14-9(15)5-3-7-12-6-2-1-4-8(12)10(16)13-11(12)17/h1-2,4,6,8H,3,5,7H2,(H,14,15)(H,13,16,17). The summed E-state index contributed by atoms with van der Waals surface area (Å²) in [6.07, 6.45) is 7.63. The number of hydrogen-bond donors (Lipinski definition) is 2. The maximum atomic E-state index is 11.9. The number of imide groups is 1. The first kappa shape index (κ1) is 11.6. The molecule has 2 atom stereocenters. The van der Waals surface area contributed by atoms with Gasteiger partial charge in [-0.1, -0.05) is 24.3 Å². The Bertz CT molecular complexity index is 438. The van der Waals surface area contributed by atoms with Crippen LogP contribution < -0.4 is 5.32 Å². The van der Waals surface area contributed by atoms with Gasteiger partial charge in [-0.3, -0.25) is 19.7 Å². The van der Waals surface area contributed by atoms with E-state index in [1.54, 1.807) is 24.3 Å². The van der Waals surface area contributed by atoms with E-state index in [1.165, 1.54) is 0 Å². The normalized spacial score (nSPS) is 30.2. The number of carbonyl (C=O) groups excluding carboxylic acids is 2. The molecule has 1 saturated heterocycles. The van der Waals surface area contributed by atoms with Crippen LogP contribution in [-0.2, 0) is 14.4 Å². The summed E-state index contributed by atoms with van der Waals surface area (Å²) < 4.78 is 0. The average molecular weight is 235 g/mol. The molecule has 0 saturated carbocycles. The molecule has 0 bridgehead atoms. The van der Waals surface area contributed by atoms with Gasteiger partial charge in [-0.05, 0) is 12.8 Å². The topological polar surface area (TPSA) is 83.5 Å². The fourth-order valence-corrected chi connectivity index (χ4v) is 2.41. The molecule has 2 rings (SSSR count). The SMILES string of the molecule is O=C(O)CCCC12C=CC=CC1C(=O)NC2=O. The van der Waals surface area contributed by atoms with Crippen molar-refractivity contribution in [2.75, 3.05) is 0 Å². The van der Waals surface area contributed by atoms with E-state index in [0.717, 1.165) is 0 Å². The quantitative estimate of drug-likeness (QED) is 0.700. The summed E-state index contributed by atoms with van der Waals surface area (Å²) in [6.45, 7) is 0. The maximum Gasteiger partial charge on any atom is 0.303 e. The number of fused-ring (bicyclic) bond motifs is 1. The van der Waals surface area contributed by atoms with Crippen molar-refractivity contribution in [3.05, 3.63) is 24.3 Å². The molecule has 0 spiro atoms. The molecule has 5 heteroatoms. The smallest absolute Gasteiger partial charge is 0.303 e. The van der Waals surface area contributed by atoms with Crippen molar-refractivity contribution in [2.45, 2.75) is 19.3 Å². The van der Waals surface area contributed by atoms with Crippen LogP contribution in [0.15, 0.2) is 24.3 Å². The van der Waals surface area contributed by atoms with Gasteiger partial charge in [0, 0.05) is 6.42 Å². The zero-order chi connectivity index (χ0) is 12.5. The van der Waals surface area contributed by atoms with Crippen molar-refractivity contribution in [2.24, 2.45) is 11.3 Å². The number of carboxylic acid groups (broad SMARTS) is 1. The van der Waals surface area contributed by atoms with Crippen LogP contribution >= 0.6 is 0 Å². The van der Waals surface area contributed by atoms with Gasteiger partial charge in [-0.2, -0.15) is 0 Å². The number of amides is 2. The lowest BCUT2D eigenvalue weighted by molar-refractivity contribution is -0.137. The fourth-order valence-electron chi connectivity index (χ4n) is 2.41. The number of rotatable bonds is 4. The lowest BCUT2D eigenvalue weighted by Crippen LogP contribution is -2.33. The second kappa shape index (κ2) is 4.16. The number of carboxylic acids is 1. The predicted octanol–water partition coefficient (Wildman–Crippen LogP) is 0.626. The van der Waals surface area contributed by atoms with Gasteiger partial charge in [0.05, 0.1) is 11.3 Å². The van der Waals surface area contributed by atoms with Crippen LogP contribution in [0.4, 0.5) is 0 Å². The Hall–Kier alpha value is -1.91. The molecule has 0 aromatic carbocycles. The van der Waals surface area contributed by atoms with Crippen LogP contribution in [0.25, 0.3) is 0 Å². The van der Waals surface area contributed by atoms with Crippen LogP contribution in [-0.4, -0.2) is 22.9 Å². The minimum absolute atomic E-state index is 0.00744. The molecule has 0 aromatic rings. The molecule has 1 fully saturated rings. The summed E-state index contributed by atoms with van der Waals surface area (Å²) >= 11 is 0. The average Bonchev–Trinajstić information content (AvgIpc) is 2.52. The van der Waals surface area contributed by atoms with E-state index in [-0.39, 0.29) is 18.2 Å². The zero-order valence-corrected chi connectivity index (χ0v) is 9.18. The van der Waals surface area contributed by atoms with Crippen LogP contribution in [0, 0.1) is 11.3 Å². The second-order valence-electron chi connectivity index (χ2n) is 4.33. The number of nitrogens with one attached hydrogen (secondary N) is 1. The Balaban J connectivity index is 2.17. The van der Waals surface area contributed by atoms with E-state index in [1.807, 2.05) is 0 Å². The largest absolute Gasteiger partial charge is 0.481 e. The van der Waals surface area contributed by atoms with Crippen molar-refractivity contribution in [3.63, 3.8) is 0 Å². The first-order valence-corrected chi connectivity index (χ1v) is 5.49. The predicted molar refractivity (Wildman–Crippen MR) is 58.8 cm³/mol. The Morgan fingerprint density at radius 2 is 2.18 bits per heavy atom. The Morgan fingerprint density at radius 3 is 2.88 bits per heavy atom. The molecule has 2 unspecified atom stereocenters. The van der Waals surface area contributed by atoms with Crippen LogP contribution in [0.5, 0.6) is 0 Å². The monoisotopic (exact) mass is 235 g/mol. The number of hydrogen-bond acceptors (Lipinski definition) is 3. The third-order valence-corrected chi connectivity index (χ3v) is 3.29. The zero-order valence-electron chi connectivity index (χ0n) is 9.18. The van der Waals surface area contributed by atoms with Gasteiger partial charge in [-0.15, -0.1) is 0 Å². The van der Waals surface area contributed by atoms with Crippen molar-refractivity contribution >= 4 is 17.8 Å². The van der Waals surface area contributed by atoms with Gasteiger partial charge >= 0.3 is 5.97 Å². The van der Waals surface area contributed by atoms with Crippen LogP contribution in [0.2, 0.25) is 0 Å². The van der Waals surface area contributed by atoms with Gasteiger partial charge in [0.2, 0.25) is 11.8 Å². The van der Waals surface area contributed by atoms with E-state index >= 15 is 0 Å². The molecular formula is C12H13NO4. The van der Waals surface area contributed by atoms with Crippen LogP contribution in [0.1, 0.15) is 19.3 Å². The third kappa shape index (κ3) is 1.88. The van der Waals surface area contributed by atoms with Gasteiger partial charge in [-0.25, -0.2) is 0 Å². The van der Waals surface area contributed by atoms with E-state index < -0.39 is 17.3 Å². The summed E-state index contributed by atoms with van der Waals surface area (Å²) in [5, 5.41) is 10.9. The van der Waals surface area contributed by atoms with Gasteiger partial charge < -0.3 is 5.11 Å². The van der Waals surface area contributed by atoms with E-state index in [4.69, 9.17) is 5.11 Å². The fraction of sp³-hybridized carbons (Fsp3) is 0.417. The maximum absolute atomic E-state index is 11.9. The number of allylic oxidation sites excluding steroid dienone is 2. The van der Waals surface area contributed by atoms with Crippen LogP contribution in [0.3, 0.4) is 0 Å². The lowest BCUT2D eigenvalue weighted by Gasteiger charge is -2.27. The molecule has 2 amide bonds. The molecule has 1 heterocycles. The van der Waals surface area contributed by atoms with Crippen molar-refractivity contribution in [3.8, 4) is 0 Å². The first-order valence-electron chi connectivity index (χ1n) is 5.49. The van der Waals surface area contributed by atoms with E-state index in [9.17, 15) is 14.4 Å². The highest BCUT2D eigenvalue weighted by Gasteiger charge is 2.52. The summed E-state index contributed by atoms with van der Waals surface area (Å²) in [4.78, 5) is 33.9. The summed E-state index contributed by atoms with van der Waals surface area (Å²) in [6, 6.07) is 0. The molecule has 0 aromatic heterocycles. The minimum Gasteiger partial charge on any atom is -0.481 e. The minimum atomic E-state index is -0.891. The number of aliphatic carboxylic acids is 1. The molecule has 2 N–H and O–H groups in total. The van der Waals surface area contributed by atoms with Crippen molar-refractivity contribution < 1.29 is 19.5 Å². The van der Waals surface area contributed by atoms with E-state index in [2.05, 4.69) is 5.32 Å². The number of carbonyl (C=O) groups is 3. The van der Waals surface area contributed by atoms with E-state index in [0.29, 0.717) is 12.8 Å². The molecular weight excluding hydrogens is 222 g/mol. The highest BCUT2D eigenvalue weighted by molar-refractivity contribution is 6.09. The first-order chi connectivity index (χ1) is 8.06. The molecule has 90 valence electrons. The van der Waals surface area contributed by atoms with Gasteiger partial charge in [0.25, 0.3) is 0 Å². The Kier molecular flexibility index (Phi) is 2.83. The summed E-state index contributed by atoms with van der Waals surface area (Å²) in [7, 11) is 0. The summed E-state index contributed by atoms with van der Waals surface area (Å²) in [5.74, 6) is -2.00. The molecule has 1 aliphatic carbocycles. The molecule has 2 aliphatic rings. The van der Waals surface area contributed by atoms with Gasteiger partial charge in [0.1, 0.15) is 0 Å². The Morgan fingerprint density at radius 1 is 1.41 bits per heavy atom. The van der Waals surface area contributed by atoms with Gasteiger partial charge in [0.15, 0.2) is 0 Å². The third-order valence-electron chi connectivity index (χ3n) is 3.29. The lowest BCUT2D eigenvalue weighted by atomic mass is 9.71. The summed E-state index contributed by atoms with van der Waals surface area (Å²) in [5.41, 5.74) is -0.874. The van der Waals surface area contributed by atoms with Crippen molar-refractivity contribution in [1.29, 1.82) is 0 Å². The Labute approximate surface area is 98.2 Å². The van der Waals surface area contributed by atoms with Crippen molar-refractivity contribution in [1.82, 2.24) is 5.32 Å². The highest BCUT2D eigenvalue weighted by Crippen LogP contribution is 2.42. The molecule has 1 aliphatic heterocycles. The molecule has 5 nitrogen and oxygen atoms in total. The molecule has 17 heavy (non-hydrogen) atoms.